The molecule has 11 rings (SSSR count). The van der Waals surface area contributed by atoms with Gasteiger partial charge in [-0.05, 0) is 42.0 Å². The molecule has 1 aliphatic heterocycles. The van der Waals surface area contributed by atoms with Gasteiger partial charge in [-0.3, -0.25) is 0 Å². The van der Waals surface area contributed by atoms with Crippen molar-refractivity contribution in [2.45, 2.75) is 6.17 Å². The number of nitrogens with one attached hydrogen (secondary N) is 1. The SMILES string of the molecule is c1ccc(C2=NC(c3cccc4c3oc3c(-c5ccc6oc7ccccc7c6c5)cccc34)=NC(c3cccc4sc5ccccc5c34)N2)cc1. The van der Waals surface area contributed by atoms with Crippen LogP contribution in [0.25, 0.3) is 75.2 Å². The zero-order chi connectivity index (χ0) is 33.5. The number of rotatable bonds is 4. The van der Waals surface area contributed by atoms with E-state index in [0.29, 0.717) is 5.84 Å². The van der Waals surface area contributed by atoms with Crippen LogP contribution in [-0.2, 0) is 0 Å². The first-order valence-corrected chi connectivity index (χ1v) is 17.8. The molecule has 7 aromatic carbocycles. The highest BCUT2D eigenvalue weighted by Gasteiger charge is 2.26. The molecule has 240 valence electrons. The smallest absolute Gasteiger partial charge is 0.163 e. The molecule has 0 amide bonds. The zero-order valence-corrected chi connectivity index (χ0v) is 27.9. The average molecular weight is 674 g/mol. The number of para-hydroxylation sites is 3. The van der Waals surface area contributed by atoms with Crippen molar-refractivity contribution in [3.63, 3.8) is 0 Å². The summed E-state index contributed by atoms with van der Waals surface area (Å²) in [5.41, 5.74) is 8.42. The second kappa shape index (κ2) is 11.0. The van der Waals surface area contributed by atoms with E-state index in [2.05, 4.69) is 121 Å². The van der Waals surface area contributed by atoms with Gasteiger partial charge in [0.15, 0.2) is 5.84 Å². The van der Waals surface area contributed by atoms with Gasteiger partial charge in [0.1, 0.15) is 34.3 Å². The first kappa shape index (κ1) is 28.3. The van der Waals surface area contributed by atoms with Crippen molar-refractivity contribution in [1.29, 1.82) is 0 Å². The van der Waals surface area contributed by atoms with E-state index >= 15 is 0 Å². The Hall–Kier alpha value is -6.50. The first-order chi connectivity index (χ1) is 25.3. The normalized spacial score (nSPS) is 14.9. The maximum Gasteiger partial charge on any atom is 0.163 e. The Balaban J connectivity index is 1.11. The van der Waals surface area contributed by atoms with Gasteiger partial charge in [0, 0.05) is 58.4 Å². The number of nitrogens with zero attached hydrogens (tertiary/aromatic N) is 2. The molecule has 5 nitrogen and oxygen atoms in total. The van der Waals surface area contributed by atoms with Crippen molar-refractivity contribution in [2.24, 2.45) is 9.98 Å². The Morgan fingerprint density at radius 3 is 2.08 bits per heavy atom. The van der Waals surface area contributed by atoms with Gasteiger partial charge in [0.2, 0.25) is 0 Å². The molecular weight excluding hydrogens is 647 g/mol. The fraction of sp³-hybridized carbons (Fsp3) is 0.0222. The standard InChI is InChI=1S/C45H27N3O2S/c1-2-11-26(12-3-1)43-46-44(33-18-10-22-39-40(33)32-14-5-7-21-38(32)51-39)48-45(47-43)34-19-9-17-31-30-16-8-15-28(41(30)50-42(31)34)27-23-24-37-35(25-27)29-13-4-6-20-36(29)49-37/h1-25,44H,(H,46,47,48). The molecule has 6 heteroatoms. The molecule has 1 aliphatic rings. The van der Waals surface area contributed by atoms with Gasteiger partial charge in [-0.15, -0.1) is 11.3 Å². The summed E-state index contributed by atoms with van der Waals surface area (Å²) in [7, 11) is 0. The highest BCUT2D eigenvalue weighted by molar-refractivity contribution is 7.25. The summed E-state index contributed by atoms with van der Waals surface area (Å²) in [6.45, 7) is 0. The third kappa shape index (κ3) is 4.40. The van der Waals surface area contributed by atoms with Crippen LogP contribution in [0.5, 0.6) is 0 Å². The number of fused-ring (bicyclic) bond motifs is 9. The van der Waals surface area contributed by atoms with Crippen LogP contribution >= 0.6 is 11.3 Å². The molecule has 0 saturated carbocycles. The molecular formula is C45H27N3O2S. The number of furan rings is 2. The maximum absolute atomic E-state index is 6.91. The topological polar surface area (TPSA) is 63.0 Å². The summed E-state index contributed by atoms with van der Waals surface area (Å²) in [5.74, 6) is 1.41. The molecule has 4 heterocycles. The minimum absolute atomic E-state index is 0.360. The van der Waals surface area contributed by atoms with Crippen LogP contribution in [0.1, 0.15) is 22.9 Å². The van der Waals surface area contributed by atoms with E-state index in [1.807, 2.05) is 47.7 Å². The summed E-state index contributed by atoms with van der Waals surface area (Å²) in [5, 5.41) is 10.4. The second-order valence-corrected chi connectivity index (χ2v) is 14.0. The van der Waals surface area contributed by atoms with Gasteiger partial charge >= 0.3 is 0 Å². The molecule has 10 aromatic rings. The molecule has 1 unspecified atom stereocenters. The maximum atomic E-state index is 6.91. The average Bonchev–Trinajstić information content (AvgIpc) is 3.89. The Morgan fingerprint density at radius 2 is 1.20 bits per heavy atom. The lowest BCUT2D eigenvalue weighted by atomic mass is 10.00. The highest BCUT2D eigenvalue weighted by atomic mass is 32.1. The largest absolute Gasteiger partial charge is 0.456 e. The minimum atomic E-state index is -0.360. The summed E-state index contributed by atoms with van der Waals surface area (Å²) in [6.07, 6.45) is -0.360. The molecule has 1 N–H and O–H groups in total. The van der Waals surface area contributed by atoms with E-state index in [4.69, 9.17) is 18.8 Å². The summed E-state index contributed by atoms with van der Waals surface area (Å²) in [6, 6.07) is 52.6. The van der Waals surface area contributed by atoms with Crippen LogP contribution < -0.4 is 5.32 Å². The quantitative estimate of drug-likeness (QED) is 0.202. The lowest BCUT2D eigenvalue weighted by molar-refractivity contribution is 0.665. The Labute approximate surface area is 295 Å². The Kier molecular flexibility index (Phi) is 6.12. The molecule has 51 heavy (non-hydrogen) atoms. The van der Waals surface area contributed by atoms with Gasteiger partial charge in [-0.2, -0.15) is 0 Å². The lowest BCUT2D eigenvalue weighted by Gasteiger charge is -2.24. The molecule has 0 saturated heterocycles. The highest BCUT2D eigenvalue weighted by Crippen LogP contribution is 2.41. The van der Waals surface area contributed by atoms with Crippen molar-refractivity contribution in [2.75, 3.05) is 0 Å². The van der Waals surface area contributed by atoms with Gasteiger partial charge in [-0.25, -0.2) is 9.98 Å². The van der Waals surface area contributed by atoms with E-state index in [9.17, 15) is 0 Å². The zero-order valence-electron chi connectivity index (χ0n) is 27.1. The van der Waals surface area contributed by atoms with Crippen LogP contribution in [0.15, 0.2) is 170 Å². The van der Waals surface area contributed by atoms with E-state index in [-0.39, 0.29) is 6.17 Å². The summed E-state index contributed by atoms with van der Waals surface area (Å²) < 4.78 is 15.5. The monoisotopic (exact) mass is 673 g/mol. The van der Waals surface area contributed by atoms with E-state index in [1.54, 1.807) is 0 Å². The Morgan fingerprint density at radius 1 is 0.510 bits per heavy atom. The van der Waals surface area contributed by atoms with E-state index in [0.717, 1.165) is 77.5 Å². The Bertz CT molecular complexity index is 3070. The summed E-state index contributed by atoms with van der Waals surface area (Å²) >= 11 is 1.81. The fourth-order valence-corrected chi connectivity index (χ4v) is 8.76. The van der Waals surface area contributed by atoms with E-state index < -0.39 is 0 Å². The van der Waals surface area contributed by atoms with Crippen LogP contribution in [0.3, 0.4) is 0 Å². The van der Waals surface area contributed by atoms with Gasteiger partial charge in [0.25, 0.3) is 0 Å². The lowest BCUT2D eigenvalue weighted by Crippen LogP contribution is -2.33. The van der Waals surface area contributed by atoms with Crippen molar-refractivity contribution in [3.05, 3.63) is 168 Å². The fourth-order valence-electron chi connectivity index (χ4n) is 7.62. The number of benzene rings is 7. The van der Waals surface area contributed by atoms with Crippen LogP contribution in [0.2, 0.25) is 0 Å². The predicted molar refractivity (Wildman–Crippen MR) is 211 cm³/mol. The number of amidine groups is 2. The predicted octanol–water partition coefficient (Wildman–Crippen LogP) is 12.0. The third-order valence-electron chi connectivity index (χ3n) is 9.97. The molecule has 0 fully saturated rings. The number of hydrogen-bond acceptors (Lipinski definition) is 6. The van der Waals surface area contributed by atoms with Crippen LogP contribution in [0, 0.1) is 0 Å². The molecule has 1 atom stereocenters. The van der Waals surface area contributed by atoms with E-state index in [1.165, 1.54) is 20.2 Å². The number of hydrogen-bond donors (Lipinski definition) is 1. The van der Waals surface area contributed by atoms with Crippen molar-refractivity contribution in [3.8, 4) is 11.1 Å². The van der Waals surface area contributed by atoms with Gasteiger partial charge in [0.05, 0.1) is 5.56 Å². The molecule has 3 aromatic heterocycles. The number of aliphatic imine (C=N–C) groups is 2. The van der Waals surface area contributed by atoms with Crippen LogP contribution in [0.4, 0.5) is 0 Å². The third-order valence-corrected chi connectivity index (χ3v) is 11.1. The number of thiophene rings is 1. The molecule has 0 spiro atoms. The molecule has 0 radical (unpaired) electrons. The van der Waals surface area contributed by atoms with Gasteiger partial charge < -0.3 is 14.2 Å². The van der Waals surface area contributed by atoms with Crippen molar-refractivity contribution >= 4 is 87.1 Å². The first-order valence-electron chi connectivity index (χ1n) is 17.0. The van der Waals surface area contributed by atoms with Crippen molar-refractivity contribution < 1.29 is 8.83 Å². The molecule has 0 bridgehead atoms. The minimum Gasteiger partial charge on any atom is -0.456 e. The van der Waals surface area contributed by atoms with Crippen LogP contribution in [-0.4, -0.2) is 11.7 Å². The summed E-state index contributed by atoms with van der Waals surface area (Å²) in [4.78, 5) is 10.5. The van der Waals surface area contributed by atoms with Gasteiger partial charge in [-0.1, -0.05) is 115 Å². The molecule has 0 aliphatic carbocycles. The van der Waals surface area contributed by atoms with Crippen molar-refractivity contribution in [1.82, 2.24) is 5.32 Å². The second-order valence-electron chi connectivity index (χ2n) is 12.9.